The van der Waals surface area contributed by atoms with Gasteiger partial charge in [0.15, 0.2) is 0 Å². The first-order valence-corrected chi connectivity index (χ1v) is 13.4. The lowest BCUT2D eigenvalue weighted by Crippen LogP contribution is -1.94. The fraction of sp³-hybridized carbons (Fsp3) is 0.567. The van der Waals surface area contributed by atoms with E-state index in [1.54, 1.807) is 0 Å². The Balaban J connectivity index is 1.22. The lowest BCUT2D eigenvalue weighted by molar-refractivity contribution is 0.532. The summed E-state index contributed by atoms with van der Waals surface area (Å²) in [6.07, 6.45) is 24.4. The minimum Gasteiger partial charge on any atom is -0.299 e. The second kappa shape index (κ2) is 14.9. The Bertz CT molecular complexity index is 879. The monoisotopic (exact) mass is 432 g/mol. The van der Waals surface area contributed by atoms with Gasteiger partial charge >= 0.3 is 0 Å². The van der Waals surface area contributed by atoms with Crippen molar-refractivity contribution < 1.29 is 0 Å². The smallest absolute Gasteiger partial charge is 0.100 e. The highest BCUT2D eigenvalue weighted by atomic mass is 15.0. The number of fused-ring (bicyclic) bond motifs is 1. The molecule has 0 atom stereocenters. The van der Waals surface area contributed by atoms with E-state index in [1.807, 2.05) is 12.4 Å². The van der Waals surface area contributed by atoms with E-state index < -0.39 is 0 Å². The van der Waals surface area contributed by atoms with Gasteiger partial charge in [0, 0.05) is 5.69 Å². The number of aromatic nitrogens is 2. The summed E-state index contributed by atoms with van der Waals surface area (Å²) >= 11 is 0. The Labute approximate surface area is 196 Å². The molecule has 2 heteroatoms. The van der Waals surface area contributed by atoms with E-state index in [9.17, 15) is 0 Å². The molecule has 1 aromatic heterocycles. The fourth-order valence-corrected chi connectivity index (χ4v) is 4.73. The van der Waals surface area contributed by atoms with Gasteiger partial charge in [-0.25, -0.2) is 4.98 Å². The summed E-state index contributed by atoms with van der Waals surface area (Å²) in [5.74, 6) is 0. The van der Waals surface area contributed by atoms with Gasteiger partial charge in [-0.05, 0) is 42.7 Å². The zero-order valence-electron chi connectivity index (χ0n) is 20.4. The summed E-state index contributed by atoms with van der Waals surface area (Å²) in [4.78, 5) is 4.53. The van der Waals surface area contributed by atoms with Crippen molar-refractivity contribution >= 4 is 11.0 Å². The second-order valence-electron chi connectivity index (χ2n) is 9.47. The normalized spacial score (nSPS) is 11.4. The van der Waals surface area contributed by atoms with Gasteiger partial charge in [0.2, 0.25) is 0 Å². The number of imidazole rings is 1. The third-order valence-electron chi connectivity index (χ3n) is 6.71. The molecule has 0 N–H and O–H groups in total. The SMILES string of the molecule is CCCCCCCCCCCCCCCCCc1cccc(-n2cnc3ccccc32)c1. The Morgan fingerprint density at radius 2 is 1.22 bits per heavy atom. The van der Waals surface area contributed by atoms with Crippen LogP contribution in [0.5, 0.6) is 0 Å². The second-order valence-corrected chi connectivity index (χ2v) is 9.47. The minimum absolute atomic E-state index is 1.06. The van der Waals surface area contributed by atoms with Crippen LogP contribution in [0.25, 0.3) is 16.7 Å². The van der Waals surface area contributed by atoms with E-state index >= 15 is 0 Å². The maximum atomic E-state index is 4.53. The van der Waals surface area contributed by atoms with Crippen LogP contribution < -0.4 is 0 Å². The zero-order valence-corrected chi connectivity index (χ0v) is 20.4. The highest BCUT2D eigenvalue weighted by Crippen LogP contribution is 2.20. The van der Waals surface area contributed by atoms with Crippen LogP contribution in [0.4, 0.5) is 0 Å². The molecule has 0 saturated carbocycles. The third-order valence-corrected chi connectivity index (χ3v) is 6.71. The molecule has 32 heavy (non-hydrogen) atoms. The molecule has 1 heterocycles. The highest BCUT2D eigenvalue weighted by molar-refractivity contribution is 5.77. The molecular weight excluding hydrogens is 388 g/mol. The van der Waals surface area contributed by atoms with Gasteiger partial charge in [-0.3, -0.25) is 4.57 Å². The largest absolute Gasteiger partial charge is 0.299 e. The van der Waals surface area contributed by atoms with Crippen molar-refractivity contribution in [3.05, 3.63) is 60.4 Å². The topological polar surface area (TPSA) is 17.8 Å². The van der Waals surface area contributed by atoms with Crippen molar-refractivity contribution in [2.45, 2.75) is 110 Å². The van der Waals surface area contributed by atoms with Gasteiger partial charge in [0.1, 0.15) is 6.33 Å². The standard InChI is InChI=1S/C30H44N2/c1-2-3-4-5-6-7-8-9-10-11-12-13-14-15-16-20-27-21-19-22-28(25-27)32-26-31-29-23-17-18-24-30(29)32/h17-19,21-26H,2-16,20H2,1H3. The molecule has 0 spiro atoms. The number of hydrogen-bond donors (Lipinski definition) is 0. The molecule has 0 amide bonds. The van der Waals surface area contributed by atoms with Gasteiger partial charge in [0.25, 0.3) is 0 Å². The van der Waals surface area contributed by atoms with Crippen molar-refractivity contribution in [3.8, 4) is 5.69 Å². The van der Waals surface area contributed by atoms with E-state index in [0.717, 1.165) is 5.52 Å². The minimum atomic E-state index is 1.06. The zero-order chi connectivity index (χ0) is 22.3. The van der Waals surface area contributed by atoms with Gasteiger partial charge in [0.05, 0.1) is 11.0 Å². The van der Waals surface area contributed by atoms with Gasteiger partial charge in [-0.2, -0.15) is 0 Å². The molecule has 174 valence electrons. The summed E-state index contributed by atoms with van der Waals surface area (Å²) in [6, 6.07) is 17.3. The first-order valence-electron chi connectivity index (χ1n) is 13.4. The van der Waals surface area contributed by atoms with E-state index in [1.165, 1.54) is 120 Å². The number of hydrogen-bond acceptors (Lipinski definition) is 1. The molecule has 0 radical (unpaired) electrons. The van der Waals surface area contributed by atoms with E-state index in [-0.39, 0.29) is 0 Å². The fourth-order valence-electron chi connectivity index (χ4n) is 4.73. The molecule has 0 saturated heterocycles. The Morgan fingerprint density at radius 3 is 1.88 bits per heavy atom. The quantitative estimate of drug-likeness (QED) is 0.194. The molecule has 3 aromatic rings. The molecule has 0 unspecified atom stereocenters. The van der Waals surface area contributed by atoms with Crippen LogP contribution in [0.15, 0.2) is 54.9 Å². The highest BCUT2D eigenvalue weighted by Gasteiger charge is 2.04. The van der Waals surface area contributed by atoms with Crippen molar-refractivity contribution in [1.82, 2.24) is 9.55 Å². The number of unbranched alkanes of at least 4 members (excludes halogenated alkanes) is 14. The lowest BCUT2D eigenvalue weighted by atomic mass is 10.0. The summed E-state index contributed by atoms with van der Waals surface area (Å²) in [7, 11) is 0. The predicted molar refractivity (Wildman–Crippen MR) is 140 cm³/mol. The predicted octanol–water partition coefficient (Wildman–Crippen LogP) is 9.44. The molecular formula is C30H44N2. The van der Waals surface area contributed by atoms with E-state index in [0.29, 0.717) is 0 Å². The molecule has 0 bridgehead atoms. The summed E-state index contributed by atoms with van der Waals surface area (Å²) in [6.45, 7) is 2.30. The maximum Gasteiger partial charge on any atom is 0.100 e. The van der Waals surface area contributed by atoms with Crippen LogP contribution in [0.3, 0.4) is 0 Å². The average Bonchev–Trinajstić information content (AvgIpc) is 3.26. The average molecular weight is 433 g/mol. The van der Waals surface area contributed by atoms with Gasteiger partial charge in [-0.1, -0.05) is 121 Å². The Hall–Kier alpha value is -2.09. The van der Waals surface area contributed by atoms with Crippen LogP contribution in [-0.4, -0.2) is 9.55 Å². The van der Waals surface area contributed by atoms with Crippen molar-refractivity contribution in [2.24, 2.45) is 0 Å². The number of nitrogens with zero attached hydrogens (tertiary/aromatic N) is 2. The Morgan fingerprint density at radius 1 is 0.625 bits per heavy atom. The molecule has 3 rings (SSSR count). The molecule has 2 aromatic carbocycles. The van der Waals surface area contributed by atoms with Crippen LogP contribution in [0, 0.1) is 0 Å². The number of aryl methyl sites for hydroxylation is 1. The van der Waals surface area contributed by atoms with Crippen molar-refractivity contribution in [1.29, 1.82) is 0 Å². The Kier molecular flexibility index (Phi) is 11.4. The summed E-state index contributed by atoms with van der Waals surface area (Å²) in [5.41, 5.74) is 4.89. The first-order chi connectivity index (χ1) is 15.9. The van der Waals surface area contributed by atoms with Crippen LogP contribution in [-0.2, 0) is 6.42 Å². The van der Waals surface area contributed by atoms with Gasteiger partial charge < -0.3 is 0 Å². The third kappa shape index (κ3) is 8.45. The maximum absolute atomic E-state index is 4.53. The van der Waals surface area contributed by atoms with Crippen molar-refractivity contribution in [3.63, 3.8) is 0 Å². The van der Waals surface area contributed by atoms with Crippen LogP contribution >= 0.6 is 0 Å². The molecule has 0 aliphatic heterocycles. The van der Waals surface area contributed by atoms with E-state index in [2.05, 4.69) is 58.9 Å². The van der Waals surface area contributed by atoms with Gasteiger partial charge in [-0.15, -0.1) is 0 Å². The molecule has 0 aliphatic carbocycles. The summed E-state index contributed by atoms with van der Waals surface area (Å²) in [5, 5.41) is 0. The van der Waals surface area contributed by atoms with Crippen LogP contribution in [0.2, 0.25) is 0 Å². The van der Waals surface area contributed by atoms with E-state index in [4.69, 9.17) is 0 Å². The number of rotatable bonds is 17. The first kappa shape index (κ1) is 24.6. The number of para-hydroxylation sites is 2. The molecule has 0 aliphatic rings. The summed E-state index contributed by atoms with van der Waals surface area (Å²) < 4.78 is 2.20. The lowest BCUT2D eigenvalue weighted by Gasteiger charge is -2.08. The van der Waals surface area contributed by atoms with Crippen molar-refractivity contribution in [2.75, 3.05) is 0 Å². The molecule has 0 fully saturated rings. The van der Waals surface area contributed by atoms with Crippen LogP contribution in [0.1, 0.15) is 109 Å². The number of benzene rings is 2. The molecule has 2 nitrogen and oxygen atoms in total.